The molecule has 2 aromatic carbocycles. The highest BCUT2D eigenvalue weighted by Gasteiger charge is 2.23. The van der Waals surface area contributed by atoms with E-state index in [4.69, 9.17) is 23.7 Å². The van der Waals surface area contributed by atoms with Gasteiger partial charge in [-0.25, -0.2) is 9.59 Å². The van der Waals surface area contributed by atoms with Crippen LogP contribution >= 0.6 is 0 Å². The van der Waals surface area contributed by atoms with E-state index in [1.54, 1.807) is 31.2 Å². The Hall–Kier alpha value is -4.14. The summed E-state index contributed by atoms with van der Waals surface area (Å²) in [6, 6.07) is 15.1. The first-order valence-corrected chi connectivity index (χ1v) is 21.7. The number of esters is 4. The molecule has 1 saturated carbocycles. The first-order chi connectivity index (χ1) is 27.5. The minimum Gasteiger partial charge on any atom is -0.494 e. The normalized spacial score (nSPS) is 15.4. The molecule has 0 aliphatic heterocycles. The molecule has 1 fully saturated rings. The van der Waals surface area contributed by atoms with Crippen LogP contribution in [0.3, 0.4) is 0 Å². The number of unbranched alkanes of at least 4 members (excludes halogenated alkanes) is 8. The molecule has 9 heteroatoms. The maximum absolute atomic E-state index is 12.8. The summed E-state index contributed by atoms with van der Waals surface area (Å²) < 4.78 is 27.6. The molecule has 0 radical (unpaired) electrons. The molecule has 1 aliphatic carbocycles. The highest BCUT2D eigenvalue weighted by molar-refractivity contribution is 5.91. The molecule has 0 spiro atoms. The van der Waals surface area contributed by atoms with E-state index in [-0.39, 0.29) is 17.9 Å². The smallest absolute Gasteiger partial charge is 0.343 e. The average Bonchev–Trinajstić information content (AvgIpc) is 3.19. The van der Waals surface area contributed by atoms with Crippen LogP contribution in [0.25, 0.3) is 0 Å². The molecule has 3 rings (SSSR count). The summed E-state index contributed by atoms with van der Waals surface area (Å²) in [5.74, 6) is 1.54. The van der Waals surface area contributed by atoms with E-state index in [9.17, 15) is 19.2 Å². The molecular weight excluding hydrogens is 721 g/mol. The lowest BCUT2D eigenvalue weighted by molar-refractivity contribution is -0.157. The Balaban J connectivity index is 1.16. The predicted octanol–water partition coefficient (Wildman–Crippen LogP) is 11.8. The van der Waals surface area contributed by atoms with E-state index in [0.717, 1.165) is 44.4 Å². The lowest BCUT2D eigenvalue weighted by atomic mass is 9.77. The average molecular weight is 791 g/mol. The largest absolute Gasteiger partial charge is 0.494 e. The van der Waals surface area contributed by atoms with Crippen LogP contribution < -0.4 is 9.47 Å². The molecule has 1 aliphatic rings. The van der Waals surface area contributed by atoms with Crippen molar-refractivity contribution in [1.82, 2.24) is 0 Å². The molecule has 0 N–H and O–H groups in total. The molecule has 9 nitrogen and oxygen atoms in total. The van der Waals surface area contributed by atoms with Crippen molar-refractivity contribution in [3.63, 3.8) is 0 Å². The maximum atomic E-state index is 12.8. The van der Waals surface area contributed by atoms with Crippen molar-refractivity contribution in [2.45, 2.75) is 168 Å². The second-order valence-electron chi connectivity index (χ2n) is 16.3. The number of ether oxygens (including phenoxy) is 5. The van der Waals surface area contributed by atoms with Gasteiger partial charge in [0.25, 0.3) is 0 Å². The SMILES string of the molecule is C=C(C)C(=O)OCCCCCC(=O)OC(C)(C)CCCCC(=O)OCCCCCCOc1ccc(C(=O)Oc2ccc(C3CCC(CCCCC)CC3)cc2)cc1. The van der Waals surface area contributed by atoms with Gasteiger partial charge in [0.1, 0.15) is 17.1 Å². The molecule has 0 aromatic heterocycles. The van der Waals surface area contributed by atoms with Gasteiger partial charge in [-0.05, 0) is 164 Å². The second-order valence-corrected chi connectivity index (χ2v) is 16.3. The Kier molecular flexibility index (Phi) is 22.1. The lowest BCUT2D eigenvalue weighted by Gasteiger charge is -2.29. The molecule has 0 amide bonds. The number of carbonyl (C=O) groups excluding carboxylic acids is 4. The van der Waals surface area contributed by atoms with Crippen LogP contribution in [0.5, 0.6) is 11.5 Å². The summed E-state index contributed by atoms with van der Waals surface area (Å²) >= 11 is 0. The monoisotopic (exact) mass is 791 g/mol. The van der Waals surface area contributed by atoms with Crippen molar-refractivity contribution in [2.75, 3.05) is 19.8 Å². The highest BCUT2D eigenvalue weighted by atomic mass is 16.6. The van der Waals surface area contributed by atoms with Gasteiger partial charge in [-0.2, -0.15) is 0 Å². The van der Waals surface area contributed by atoms with Crippen LogP contribution in [0, 0.1) is 5.92 Å². The summed E-state index contributed by atoms with van der Waals surface area (Å²) in [4.78, 5) is 48.6. The summed E-state index contributed by atoms with van der Waals surface area (Å²) in [7, 11) is 0. The fraction of sp³-hybridized carbons (Fsp3) is 0.625. The standard InChI is InChI=1S/C48H70O9/c1-6-7-11-18-38-21-23-39(24-22-38)40-25-31-43(32-26-40)56-47(52)41-27-29-42(30-28-41)53-34-15-8-9-16-35-54-44(49)19-13-14-33-48(4,5)57-45(50)20-12-10-17-36-55-46(51)37(2)3/h25-32,38-39H,2,6-24,33-36H2,1,3-5H3. The number of benzene rings is 2. The molecule has 0 heterocycles. The lowest BCUT2D eigenvalue weighted by Crippen LogP contribution is -2.28. The number of rotatable bonds is 28. The van der Waals surface area contributed by atoms with Crippen molar-refractivity contribution in [3.8, 4) is 11.5 Å². The summed E-state index contributed by atoms with van der Waals surface area (Å²) in [6.07, 6.45) is 19.0. The van der Waals surface area contributed by atoms with Gasteiger partial charge in [0.15, 0.2) is 0 Å². The third-order valence-corrected chi connectivity index (χ3v) is 10.7. The Labute approximate surface area is 342 Å². The van der Waals surface area contributed by atoms with Gasteiger partial charge in [0.2, 0.25) is 0 Å². The summed E-state index contributed by atoms with van der Waals surface area (Å²) in [5, 5.41) is 0. The van der Waals surface area contributed by atoms with E-state index < -0.39 is 11.6 Å². The molecule has 0 bridgehead atoms. The van der Waals surface area contributed by atoms with Crippen molar-refractivity contribution in [3.05, 3.63) is 71.8 Å². The zero-order chi connectivity index (χ0) is 41.3. The third kappa shape index (κ3) is 20.2. The van der Waals surface area contributed by atoms with Crippen molar-refractivity contribution in [1.29, 1.82) is 0 Å². The van der Waals surface area contributed by atoms with Gasteiger partial charge in [-0.1, -0.05) is 51.3 Å². The van der Waals surface area contributed by atoms with E-state index in [1.165, 1.54) is 56.9 Å². The first-order valence-electron chi connectivity index (χ1n) is 21.7. The Morgan fingerprint density at radius 3 is 1.93 bits per heavy atom. The van der Waals surface area contributed by atoms with Gasteiger partial charge in [-0.3, -0.25) is 9.59 Å². The van der Waals surface area contributed by atoms with E-state index in [2.05, 4.69) is 25.6 Å². The fourth-order valence-electron chi connectivity index (χ4n) is 7.20. The van der Waals surface area contributed by atoms with Crippen LogP contribution in [0.4, 0.5) is 0 Å². The van der Waals surface area contributed by atoms with E-state index >= 15 is 0 Å². The number of carbonyl (C=O) groups is 4. The van der Waals surface area contributed by atoms with Crippen LogP contribution in [-0.2, 0) is 28.6 Å². The fourth-order valence-corrected chi connectivity index (χ4v) is 7.20. The molecule has 57 heavy (non-hydrogen) atoms. The highest BCUT2D eigenvalue weighted by Crippen LogP contribution is 2.38. The zero-order valence-corrected chi connectivity index (χ0v) is 35.4. The van der Waals surface area contributed by atoms with Crippen molar-refractivity contribution in [2.24, 2.45) is 5.92 Å². The second kappa shape index (κ2) is 26.7. The van der Waals surface area contributed by atoms with Gasteiger partial charge in [0, 0.05) is 18.4 Å². The Morgan fingerprint density at radius 1 is 0.667 bits per heavy atom. The van der Waals surface area contributed by atoms with Gasteiger partial charge < -0.3 is 23.7 Å². The summed E-state index contributed by atoms with van der Waals surface area (Å²) in [5.41, 5.74) is 1.60. The van der Waals surface area contributed by atoms with Crippen LogP contribution in [0.2, 0.25) is 0 Å². The van der Waals surface area contributed by atoms with Crippen LogP contribution in [-0.4, -0.2) is 49.3 Å². The molecule has 2 aromatic rings. The van der Waals surface area contributed by atoms with Crippen LogP contribution in [0.1, 0.15) is 178 Å². The number of hydrogen-bond donors (Lipinski definition) is 0. The minimum atomic E-state index is -0.598. The zero-order valence-electron chi connectivity index (χ0n) is 35.4. The summed E-state index contributed by atoms with van der Waals surface area (Å²) in [6.45, 7) is 12.5. The molecular formula is C48H70O9. The van der Waals surface area contributed by atoms with Gasteiger partial charge in [-0.15, -0.1) is 0 Å². The van der Waals surface area contributed by atoms with E-state index in [0.29, 0.717) is 86.9 Å². The number of hydrogen-bond acceptors (Lipinski definition) is 9. The molecule has 0 unspecified atom stereocenters. The Morgan fingerprint density at radius 2 is 1.26 bits per heavy atom. The van der Waals surface area contributed by atoms with Gasteiger partial charge in [0.05, 0.1) is 25.4 Å². The maximum Gasteiger partial charge on any atom is 0.343 e. The predicted molar refractivity (Wildman–Crippen MR) is 224 cm³/mol. The van der Waals surface area contributed by atoms with Gasteiger partial charge >= 0.3 is 23.9 Å². The van der Waals surface area contributed by atoms with Crippen LogP contribution in [0.15, 0.2) is 60.7 Å². The van der Waals surface area contributed by atoms with Crippen molar-refractivity contribution < 1.29 is 42.9 Å². The van der Waals surface area contributed by atoms with E-state index in [1.807, 2.05) is 26.0 Å². The first kappa shape index (κ1) is 47.2. The minimum absolute atomic E-state index is 0.201. The molecule has 0 saturated heterocycles. The van der Waals surface area contributed by atoms with Crippen molar-refractivity contribution >= 4 is 23.9 Å². The topological polar surface area (TPSA) is 114 Å². The molecule has 0 atom stereocenters. The third-order valence-electron chi connectivity index (χ3n) is 10.7. The quantitative estimate of drug-likeness (QED) is 0.0273. The molecule has 316 valence electrons. The Bertz CT molecular complexity index is 1490.